The van der Waals surface area contributed by atoms with E-state index in [1.165, 1.54) is 6.42 Å². The molecule has 0 bridgehead atoms. The van der Waals surface area contributed by atoms with Gasteiger partial charge in [0, 0.05) is 12.2 Å². The normalized spacial score (nSPS) is 17.3. The first-order valence-electron chi connectivity index (χ1n) is 7.41. The average molecular weight is 311 g/mol. The van der Waals surface area contributed by atoms with Crippen LogP contribution in [-0.2, 0) is 10.0 Å². The summed E-state index contributed by atoms with van der Waals surface area (Å²) in [6.07, 6.45) is 4.44. The van der Waals surface area contributed by atoms with Gasteiger partial charge in [-0.15, -0.1) is 0 Å². The summed E-state index contributed by atoms with van der Waals surface area (Å²) in [5, 5.41) is 0. The van der Waals surface area contributed by atoms with Gasteiger partial charge in [0.2, 0.25) is 10.0 Å². The molecule has 0 spiro atoms. The van der Waals surface area contributed by atoms with E-state index in [-0.39, 0.29) is 5.41 Å². The van der Waals surface area contributed by atoms with E-state index in [1.807, 2.05) is 0 Å². The Morgan fingerprint density at radius 1 is 1.24 bits per heavy atom. The minimum atomic E-state index is -3.48. The molecule has 0 heterocycles. The molecule has 0 unspecified atom stereocenters. The van der Waals surface area contributed by atoms with E-state index in [2.05, 4.69) is 17.1 Å². The summed E-state index contributed by atoms with van der Waals surface area (Å²) in [6, 6.07) is 3.50. The molecule has 5 nitrogen and oxygen atoms in total. The molecule has 6 heteroatoms. The fraction of sp³-hybridized carbons (Fsp3) is 0.600. The van der Waals surface area contributed by atoms with Crippen molar-refractivity contribution >= 4 is 15.7 Å². The third-order valence-electron chi connectivity index (χ3n) is 4.70. The van der Waals surface area contributed by atoms with Gasteiger partial charge in [-0.05, 0) is 61.8 Å². The Morgan fingerprint density at radius 2 is 1.81 bits per heavy atom. The van der Waals surface area contributed by atoms with E-state index in [4.69, 9.17) is 5.84 Å². The van der Waals surface area contributed by atoms with Gasteiger partial charge in [-0.3, -0.25) is 5.84 Å². The Labute approximate surface area is 127 Å². The lowest BCUT2D eigenvalue weighted by molar-refractivity contribution is 0.133. The molecule has 0 aromatic heterocycles. The van der Waals surface area contributed by atoms with E-state index in [0.717, 1.165) is 19.3 Å². The van der Waals surface area contributed by atoms with Crippen LogP contribution in [0.2, 0.25) is 0 Å². The Bertz CT molecular complexity index is 593. The van der Waals surface area contributed by atoms with Gasteiger partial charge in [0.1, 0.15) is 0 Å². The molecule has 118 valence electrons. The number of hydrogen-bond acceptors (Lipinski definition) is 4. The van der Waals surface area contributed by atoms with Crippen LogP contribution in [0.1, 0.15) is 43.7 Å². The number of aryl methyl sites for hydroxylation is 2. The zero-order valence-electron chi connectivity index (χ0n) is 13.0. The summed E-state index contributed by atoms with van der Waals surface area (Å²) in [6.45, 7) is 6.25. The Hall–Kier alpha value is -1.11. The highest BCUT2D eigenvalue weighted by molar-refractivity contribution is 7.89. The fourth-order valence-electron chi connectivity index (χ4n) is 3.11. The van der Waals surface area contributed by atoms with E-state index in [0.29, 0.717) is 28.3 Å². The average Bonchev–Trinajstić information content (AvgIpc) is 2.36. The molecular weight excluding hydrogens is 286 g/mol. The van der Waals surface area contributed by atoms with Crippen molar-refractivity contribution in [1.82, 2.24) is 4.72 Å². The number of anilines is 1. The minimum absolute atomic E-state index is 0.160. The molecule has 1 saturated carbocycles. The van der Waals surface area contributed by atoms with Gasteiger partial charge in [0.25, 0.3) is 0 Å². The number of nitrogen functional groups attached to an aromatic ring is 1. The van der Waals surface area contributed by atoms with Crippen molar-refractivity contribution in [3.8, 4) is 0 Å². The lowest BCUT2D eigenvalue weighted by Crippen LogP contribution is -2.41. The van der Waals surface area contributed by atoms with Crippen LogP contribution in [0.3, 0.4) is 0 Å². The van der Waals surface area contributed by atoms with Gasteiger partial charge in [-0.1, -0.05) is 13.3 Å². The maximum atomic E-state index is 12.6. The van der Waals surface area contributed by atoms with Crippen LogP contribution in [0.4, 0.5) is 5.69 Å². The van der Waals surface area contributed by atoms with Crippen LogP contribution in [0, 0.1) is 19.3 Å². The molecule has 1 aromatic rings. The van der Waals surface area contributed by atoms with Crippen molar-refractivity contribution in [3.05, 3.63) is 23.3 Å². The number of sulfonamides is 1. The zero-order valence-corrected chi connectivity index (χ0v) is 13.8. The monoisotopic (exact) mass is 311 g/mol. The molecule has 1 aliphatic rings. The zero-order chi connectivity index (χ0) is 15.7. The molecule has 1 aliphatic carbocycles. The highest BCUT2D eigenvalue weighted by Crippen LogP contribution is 2.43. The second kappa shape index (κ2) is 5.94. The Morgan fingerprint density at radius 3 is 2.19 bits per heavy atom. The number of rotatable bonds is 6. The minimum Gasteiger partial charge on any atom is -0.324 e. The van der Waals surface area contributed by atoms with Crippen LogP contribution in [0.25, 0.3) is 0 Å². The third-order valence-corrected chi connectivity index (χ3v) is 6.40. The van der Waals surface area contributed by atoms with Crippen LogP contribution < -0.4 is 16.0 Å². The van der Waals surface area contributed by atoms with E-state index in [9.17, 15) is 8.42 Å². The molecular formula is C15H25N3O2S. The topological polar surface area (TPSA) is 84.2 Å². The van der Waals surface area contributed by atoms with Crippen LogP contribution >= 0.6 is 0 Å². The quantitative estimate of drug-likeness (QED) is 0.556. The molecule has 0 radical (unpaired) electrons. The summed E-state index contributed by atoms with van der Waals surface area (Å²) >= 11 is 0. The Kier molecular flexibility index (Phi) is 4.60. The van der Waals surface area contributed by atoms with E-state index < -0.39 is 10.0 Å². The Balaban J connectivity index is 2.24. The molecule has 0 atom stereocenters. The van der Waals surface area contributed by atoms with E-state index >= 15 is 0 Å². The van der Waals surface area contributed by atoms with Crippen molar-refractivity contribution in [3.63, 3.8) is 0 Å². The second-order valence-corrected chi connectivity index (χ2v) is 7.82. The second-order valence-electron chi connectivity index (χ2n) is 6.12. The van der Waals surface area contributed by atoms with Crippen LogP contribution in [0.5, 0.6) is 0 Å². The van der Waals surface area contributed by atoms with Gasteiger partial charge < -0.3 is 5.43 Å². The van der Waals surface area contributed by atoms with Gasteiger partial charge >= 0.3 is 0 Å². The number of hydrogen-bond donors (Lipinski definition) is 3. The number of nitrogens with one attached hydrogen (secondary N) is 2. The highest BCUT2D eigenvalue weighted by Gasteiger charge is 2.36. The maximum absolute atomic E-state index is 12.6. The molecule has 2 rings (SSSR count). The highest BCUT2D eigenvalue weighted by atomic mass is 32.2. The summed E-state index contributed by atoms with van der Waals surface area (Å²) in [5.74, 6) is 5.39. The third kappa shape index (κ3) is 3.22. The van der Waals surface area contributed by atoms with Crippen LogP contribution in [-0.4, -0.2) is 15.0 Å². The van der Waals surface area contributed by atoms with Crippen LogP contribution in [0.15, 0.2) is 17.0 Å². The molecule has 4 N–H and O–H groups in total. The SMILES string of the molecule is CCC1(CNS(=O)(=O)c2c(C)cc(NN)cc2C)CCC1. The van der Waals surface area contributed by atoms with Gasteiger partial charge in [0.15, 0.2) is 0 Å². The number of benzene rings is 1. The standard InChI is InChI=1S/C15H25N3O2S/c1-4-15(6-5-7-15)10-17-21(19,20)14-11(2)8-13(18-16)9-12(14)3/h8-9,17-18H,4-7,10,16H2,1-3H3. The van der Waals surface area contributed by atoms with Crippen molar-refractivity contribution in [1.29, 1.82) is 0 Å². The van der Waals surface area contributed by atoms with Gasteiger partial charge in [-0.2, -0.15) is 0 Å². The molecule has 21 heavy (non-hydrogen) atoms. The van der Waals surface area contributed by atoms with Crippen molar-refractivity contribution < 1.29 is 8.42 Å². The molecule has 1 aromatic carbocycles. The number of hydrazine groups is 1. The predicted molar refractivity (Wildman–Crippen MR) is 85.5 cm³/mol. The molecule has 0 saturated heterocycles. The first-order chi connectivity index (χ1) is 9.83. The van der Waals surface area contributed by atoms with Crippen molar-refractivity contribution in [2.45, 2.75) is 51.3 Å². The smallest absolute Gasteiger partial charge is 0.241 e. The first-order valence-corrected chi connectivity index (χ1v) is 8.89. The predicted octanol–water partition coefficient (Wildman–Crippen LogP) is 2.45. The number of nitrogens with two attached hydrogens (primary N) is 1. The van der Waals surface area contributed by atoms with Gasteiger partial charge in [-0.25, -0.2) is 13.1 Å². The molecule has 0 aliphatic heterocycles. The lowest BCUT2D eigenvalue weighted by atomic mass is 9.67. The lowest BCUT2D eigenvalue weighted by Gasteiger charge is -2.41. The van der Waals surface area contributed by atoms with Crippen molar-refractivity contribution in [2.75, 3.05) is 12.0 Å². The summed E-state index contributed by atoms with van der Waals surface area (Å²) in [7, 11) is -3.48. The largest absolute Gasteiger partial charge is 0.324 e. The first kappa shape index (κ1) is 16.3. The fourth-order valence-corrected chi connectivity index (χ4v) is 4.72. The summed E-state index contributed by atoms with van der Waals surface area (Å²) < 4.78 is 28.0. The summed E-state index contributed by atoms with van der Waals surface area (Å²) in [5.41, 5.74) is 4.84. The van der Waals surface area contributed by atoms with Crippen molar-refractivity contribution in [2.24, 2.45) is 11.3 Å². The van der Waals surface area contributed by atoms with E-state index in [1.54, 1.807) is 26.0 Å². The van der Waals surface area contributed by atoms with Gasteiger partial charge in [0.05, 0.1) is 4.90 Å². The summed E-state index contributed by atoms with van der Waals surface area (Å²) in [4.78, 5) is 0.368. The molecule has 1 fully saturated rings. The molecule has 0 amide bonds. The maximum Gasteiger partial charge on any atom is 0.241 e.